The molecule has 3 aromatic rings. The molecule has 6 nitrogen and oxygen atoms in total. The minimum Gasteiger partial charge on any atom is -0.507 e. The van der Waals surface area contributed by atoms with Gasteiger partial charge in [-0.1, -0.05) is 32.0 Å². The SMILES string of the molecule is COc1ccc(C2/C(=C(/O)c3ccc(F)c(C)c3)C(=O)C(=O)N2c2ccc(C(C)C)cc2)cc1O. The molecule has 0 bridgehead atoms. The number of aromatic hydroxyl groups is 1. The van der Waals surface area contributed by atoms with Crippen LogP contribution in [0.3, 0.4) is 0 Å². The molecule has 1 unspecified atom stereocenters. The van der Waals surface area contributed by atoms with E-state index in [1.807, 2.05) is 26.0 Å². The third-order valence-corrected chi connectivity index (χ3v) is 6.23. The van der Waals surface area contributed by atoms with Crippen molar-refractivity contribution in [1.29, 1.82) is 0 Å². The molecule has 180 valence electrons. The zero-order valence-electron chi connectivity index (χ0n) is 19.9. The van der Waals surface area contributed by atoms with Crippen LogP contribution in [0.25, 0.3) is 5.76 Å². The van der Waals surface area contributed by atoms with Gasteiger partial charge in [0.25, 0.3) is 11.7 Å². The van der Waals surface area contributed by atoms with E-state index in [-0.39, 0.29) is 34.1 Å². The van der Waals surface area contributed by atoms with Gasteiger partial charge in [0.05, 0.1) is 18.7 Å². The number of carbonyl (C=O) groups excluding carboxylic acids is 2. The standard InChI is InChI=1S/C28H26FNO5/c1-15(2)17-5-9-20(10-6-17)30-25(18-8-12-23(35-4)22(31)14-18)24(27(33)28(30)34)26(32)19-7-11-21(29)16(3)13-19/h5-15,25,31-32H,1-4H3/b26-24-. The van der Waals surface area contributed by atoms with Crippen molar-refractivity contribution in [3.05, 3.63) is 94.3 Å². The number of anilines is 1. The first-order valence-corrected chi connectivity index (χ1v) is 11.2. The van der Waals surface area contributed by atoms with Gasteiger partial charge in [0.1, 0.15) is 11.6 Å². The van der Waals surface area contributed by atoms with Gasteiger partial charge in [-0.2, -0.15) is 0 Å². The number of benzene rings is 3. The Bertz CT molecular complexity index is 1340. The molecule has 2 N–H and O–H groups in total. The molecule has 0 spiro atoms. The molecule has 1 fully saturated rings. The summed E-state index contributed by atoms with van der Waals surface area (Å²) >= 11 is 0. The van der Waals surface area contributed by atoms with Gasteiger partial charge < -0.3 is 14.9 Å². The van der Waals surface area contributed by atoms with Gasteiger partial charge in [-0.3, -0.25) is 14.5 Å². The van der Waals surface area contributed by atoms with Gasteiger partial charge >= 0.3 is 0 Å². The lowest BCUT2D eigenvalue weighted by Gasteiger charge is -2.26. The van der Waals surface area contributed by atoms with Gasteiger partial charge in [0.2, 0.25) is 0 Å². The summed E-state index contributed by atoms with van der Waals surface area (Å²) in [5.41, 5.74) is 2.26. The highest BCUT2D eigenvalue weighted by Crippen LogP contribution is 2.44. The van der Waals surface area contributed by atoms with Crippen LogP contribution in [-0.2, 0) is 9.59 Å². The number of ether oxygens (including phenoxy) is 1. The lowest BCUT2D eigenvalue weighted by Crippen LogP contribution is -2.29. The van der Waals surface area contributed by atoms with Crippen molar-refractivity contribution in [2.45, 2.75) is 32.7 Å². The lowest BCUT2D eigenvalue weighted by atomic mass is 9.94. The number of ketones is 1. The van der Waals surface area contributed by atoms with E-state index in [1.54, 1.807) is 25.1 Å². The number of nitrogens with zero attached hydrogens (tertiary/aromatic N) is 1. The van der Waals surface area contributed by atoms with Crippen LogP contribution < -0.4 is 9.64 Å². The van der Waals surface area contributed by atoms with Crippen LogP contribution in [0, 0.1) is 12.7 Å². The Hall–Kier alpha value is -4.13. The van der Waals surface area contributed by atoms with Crippen molar-refractivity contribution in [3.63, 3.8) is 0 Å². The predicted octanol–water partition coefficient (Wildman–Crippen LogP) is 5.60. The number of methoxy groups -OCH3 is 1. The van der Waals surface area contributed by atoms with Crippen molar-refractivity contribution in [2.75, 3.05) is 12.0 Å². The molecule has 0 saturated carbocycles. The summed E-state index contributed by atoms with van der Waals surface area (Å²) in [5, 5.41) is 21.6. The summed E-state index contributed by atoms with van der Waals surface area (Å²) in [5.74, 6) is -2.25. The number of carbonyl (C=O) groups is 2. The molecule has 1 amide bonds. The normalized spacial score (nSPS) is 17.3. The third-order valence-electron chi connectivity index (χ3n) is 6.23. The molecular formula is C28H26FNO5. The van der Waals surface area contributed by atoms with Crippen LogP contribution in [0.15, 0.2) is 66.2 Å². The number of hydrogen-bond acceptors (Lipinski definition) is 5. The quantitative estimate of drug-likeness (QED) is 0.285. The highest BCUT2D eigenvalue weighted by Gasteiger charge is 2.47. The van der Waals surface area contributed by atoms with Crippen molar-refractivity contribution >= 4 is 23.1 Å². The summed E-state index contributed by atoms with van der Waals surface area (Å²) in [6.07, 6.45) is 0. The maximum absolute atomic E-state index is 13.8. The molecule has 1 atom stereocenters. The molecule has 1 saturated heterocycles. The van der Waals surface area contributed by atoms with Gasteiger partial charge in [0, 0.05) is 11.3 Å². The fraction of sp³-hybridized carbons (Fsp3) is 0.214. The summed E-state index contributed by atoms with van der Waals surface area (Å²) < 4.78 is 19.0. The maximum Gasteiger partial charge on any atom is 0.300 e. The second-order valence-corrected chi connectivity index (χ2v) is 8.81. The van der Waals surface area contributed by atoms with E-state index >= 15 is 0 Å². The molecular weight excluding hydrogens is 449 g/mol. The van der Waals surface area contributed by atoms with Gasteiger partial charge in [-0.05, 0) is 72.0 Å². The van der Waals surface area contributed by atoms with Crippen molar-refractivity contribution in [2.24, 2.45) is 0 Å². The first-order chi connectivity index (χ1) is 16.6. The monoisotopic (exact) mass is 475 g/mol. The first-order valence-electron chi connectivity index (χ1n) is 11.2. The van der Waals surface area contributed by atoms with E-state index in [0.717, 1.165) is 5.56 Å². The zero-order chi connectivity index (χ0) is 25.4. The topological polar surface area (TPSA) is 87.1 Å². The molecule has 35 heavy (non-hydrogen) atoms. The molecule has 3 aromatic carbocycles. The van der Waals surface area contributed by atoms with Crippen LogP contribution in [0.4, 0.5) is 10.1 Å². The highest BCUT2D eigenvalue weighted by atomic mass is 19.1. The lowest BCUT2D eigenvalue weighted by molar-refractivity contribution is -0.132. The van der Waals surface area contributed by atoms with Crippen LogP contribution in [0.5, 0.6) is 11.5 Å². The summed E-state index contributed by atoms with van der Waals surface area (Å²) in [7, 11) is 1.41. The number of halogens is 1. The Labute approximate surface area is 202 Å². The maximum atomic E-state index is 13.8. The molecule has 4 rings (SSSR count). The van der Waals surface area contributed by atoms with E-state index in [4.69, 9.17) is 4.74 Å². The Morgan fingerprint density at radius 1 is 1.03 bits per heavy atom. The number of phenols is 1. The van der Waals surface area contributed by atoms with Gasteiger partial charge in [-0.25, -0.2) is 4.39 Å². The van der Waals surface area contributed by atoms with E-state index in [9.17, 15) is 24.2 Å². The number of aliphatic hydroxyl groups is 1. The largest absolute Gasteiger partial charge is 0.507 e. The summed E-state index contributed by atoms with van der Waals surface area (Å²) in [6.45, 7) is 5.64. The van der Waals surface area contributed by atoms with Crippen molar-refractivity contribution < 1.29 is 28.9 Å². The smallest absolute Gasteiger partial charge is 0.300 e. The predicted molar refractivity (Wildman–Crippen MR) is 131 cm³/mol. The fourth-order valence-corrected chi connectivity index (χ4v) is 4.26. The second kappa shape index (κ2) is 9.25. The second-order valence-electron chi connectivity index (χ2n) is 8.81. The molecule has 0 radical (unpaired) electrons. The van der Waals surface area contributed by atoms with Gasteiger partial charge in [-0.15, -0.1) is 0 Å². The number of rotatable bonds is 5. The van der Waals surface area contributed by atoms with E-state index in [0.29, 0.717) is 11.3 Å². The van der Waals surface area contributed by atoms with Crippen LogP contribution in [0.1, 0.15) is 48.1 Å². The van der Waals surface area contributed by atoms with E-state index in [1.165, 1.54) is 42.3 Å². The first kappa shape index (κ1) is 24.0. The average Bonchev–Trinajstić information content (AvgIpc) is 3.10. The number of aliphatic hydroxyl groups excluding tert-OH is 1. The minimum atomic E-state index is -1.03. The average molecular weight is 476 g/mol. The fourth-order valence-electron chi connectivity index (χ4n) is 4.26. The molecule has 7 heteroatoms. The Balaban J connectivity index is 1.94. The minimum absolute atomic E-state index is 0.154. The van der Waals surface area contributed by atoms with E-state index in [2.05, 4.69) is 0 Å². The highest BCUT2D eigenvalue weighted by molar-refractivity contribution is 6.51. The Morgan fingerprint density at radius 3 is 2.29 bits per heavy atom. The third kappa shape index (κ3) is 4.25. The van der Waals surface area contributed by atoms with Crippen LogP contribution >= 0.6 is 0 Å². The van der Waals surface area contributed by atoms with Crippen LogP contribution in [0.2, 0.25) is 0 Å². The Morgan fingerprint density at radius 2 is 1.71 bits per heavy atom. The molecule has 1 aliphatic heterocycles. The van der Waals surface area contributed by atoms with Gasteiger partial charge in [0.15, 0.2) is 11.5 Å². The molecule has 0 aliphatic carbocycles. The van der Waals surface area contributed by atoms with Crippen molar-refractivity contribution in [3.8, 4) is 11.5 Å². The zero-order valence-corrected chi connectivity index (χ0v) is 19.9. The number of phenolic OH excluding ortho intramolecular Hbond substituents is 1. The summed E-state index contributed by atoms with van der Waals surface area (Å²) in [6, 6.07) is 14.7. The van der Waals surface area contributed by atoms with E-state index < -0.39 is 29.3 Å². The number of amides is 1. The van der Waals surface area contributed by atoms with Crippen molar-refractivity contribution in [1.82, 2.24) is 0 Å². The molecule has 0 aromatic heterocycles. The Kier molecular flexibility index (Phi) is 6.35. The number of hydrogen-bond donors (Lipinski definition) is 2. The number of Topliss-reactive ketones (excluding diaryl/α,β-unsaturated/α-hetero) is 1. The number of aryl methyl sites for hydroxylation is 1. The molecule has 1 aliphatic rings. The molecule has 1 heterocycles. The van der Waals surface area contributed by atoms with Crippen LogP contribution in [-0.4, -0.2) is 29.0 Å². The summed E-state index contributed by atoms with van der Waals surface area (Å²) in [4.78, 5) is 27.8.